The lowest BCUT2D eigenvalue weighted by Crippen LogP contribution is -2.41. The minimum atomic E-state index is -1.15. The SMILES string of the molecule is CC(C)(C)C1OC(=O)C(c2ccccc2)([C@H]2CCC(=O)C2)O1. The lowest BCUT2D eigenvalue weighted by molar-refractivity contribution is -0.162. The molecule has 4 heteroatoms. The van der Waals surface area contributed by atoms with Crippen LogP contribution in [0.2, 0.25) is 0 Å². The van der Waals surface area contributed by atoms with Crippen molar-refractivity contribution in [3.63, 3.8) is 0 Å². The first-order valence-corrected chi connectivity index (χ1v) is 7.80. The second kappa shape index (κ2) is 5.20. The van der Waals surface area contributed by atoms with E-state index >= 15 is 0 Å². The zero-order chi connectivity index (χ0) is 16.0. The molecule has 3 rings (SSSR count). The molecule has 0 bridgehead atoms. The Hall–Kier alpha value is -1.68. The summed E-state index contributed by atoms with van der Waals surface area (Å²) in [5.41, 5.74) is -0.674. The number of carbonyl (C=O) groups is 2. The fraction of sp³-hybridized carbons (Fsp3) is 0.556. The molecule has 1 aliphatic heterocycles. The maximum atomic E-state index is 12.8. The molecule has 22 heavy (non-hydrogen) atoms. The predicted molar refractivity (Wildman–Crippen MR) is 80.9 cm³/mol. The normalized spacial score (nSPS) is 32.3. The van der Waals surface area contributed by atoms with Crippen molar-refractivity contribution in [3.8, 4) is 0 Å². The maximum Gasteiger partial charge on any atom is 0.345 e. The summed E-state index contributed by atoms with van der Waals surface area (Å²) in [5, 5.41) is 0. The molecule has 1 aromatic carbocycles. The van der Waals surface area contributed by atoms with Crippen molar-refractivity contribution < 1.29 is 19.1 Å². The van der Waals surface area contributed by atoms with Gasteiger partial charge in [0, 0.05) is 24.2 Å². The van der Waals surface area contributed by atoms with Gasteiger partial charge >= 0.3 is 5.97 Å². The maximum absolute atomic E-state index is 12.8. The summed E-state index contributed by atoms with van der Waals surface area (Å²) in [7, 11) is 0. The van der Waals surface area contributed by atoms with Gasteiger partial charge in [-0.3, -0.25) is 4.79 Å². The summed E-state index contributed by atoms with van der Waals surface area (Å²) in [5.74, 6) is -0.323. The van der Waals surface area contributed by atoms with Crippen LogP contribution >= 0.6 is 0 Å². The molecule has 1 saturated carbocycles. The largest absolute Gasteiger partial charge is 0.433 e. The number of benzene rings is 1. The zero-order valence-corrected chi connectivity index (χ0v) is 13.3. The second-order valence-corrected chi connectivity index (χ2v) is 7.30. The van der Waals surface area contributed by atoms with Crippen LogP contribution in [0.15, 0.2) is 30.3 Å². The Labute approximate surface area is 130 Å². The molecule has 1 saturated heterocycles. The van der Waals surface area contributed by atoms with E-state index in [9.17, 15) is 9.59 Å². The van der Waals surface area contributed by atoms with Gasteiger partial charge in [0.1, 0.15) is 5.78 Å². The highest BCUT2D eigenvalue weighted by atomic mass is 16.8. The molecule has 1 heterocycles. The van der Waals surface area contributed by atoms with E-state index in [2.05, 4.69) is 0 Å². The van der Waals surface area contributed by atoms with E-state index < -0.39 is 11.9 Å². The molecule has 0 radical (unpaired) electrons. The van der Waals surface area contributed by atoms with E-state index in [1.807, 2.05) is 51.1 Å². The fourth-order valence-corrected chi connectivity index (χ4v) is 3.31. The number of hydrogen-bond acceptors (Lipinski definition) is 4. The van der Waals surface area contributed by atoms with Gasteiger partial charge < -0.3 is 9.47 Å². The van der Waals surface area contributed by atoms with Crippen LogP contribution in [-0.2, 0) is 24.7 Å². The Bertz CT molecular complexity index is 587. The average molecular weight is 302 g/mol. The van der Waals surface area contributed by atoms with Crippen molar-refractivity contribution in [2.45, 2.75) is 51.9 Å². The van der Waals surface area contributed by atoms with Crippen molar-refractivity contribution in [3.05, 3.63) is 35.9 Å². The molecule has 0 spiro atoms. The first-order valence-electron chi connectivity index (χ1n) is 7.80. The molecule has 2 fully saturated rings. The first kappa shape index (κ1) is 15.2. The number of rotatable bonds is 2. The monoisotopic (exact) mass is 302 g/mol. The number of carbonyl (C=O) groups excluding carboxylic acids is 2. The molecule has 2 unspecified atom stereocenters. The second-order valence-electron chi connectivity index (χ2n) is 7.30. The molecule has 4 nitrogen and oxygen atoms in total. The molecule has 118 valence electrons. The van der Waals surface area contributed by atoms with E-state index in [-0.39, 0.29) is 23.1 Å². The van der Waals surface area contributed by atoms with Gasteiger partial charge in [0.2, 0.25) is 6.29 Å². The van der Waals surface area contributed by atoms with Crippen LogP contribution in [0.25, 0.3) is 0 Å². The van der Waals surface area contributed by atoms with Gasteiger partial charge in [0.15, 0.2) is 5.60 Å². The third-order valence-corrected chi connectivity index (χ3v) is 4.54. The molecule has 1 aliphatic carbocycles. The number of Topliss-reactive ketones (excluding diaryl/α,β-unsaturated/α-hetero) is 1. The highest BCUT2D eigenvalue weighted by Crippen LogP contribution is 2.49. The van der Waals surface area contributed by atoms with E-state index in [0.29, 0.717) is 19.3 Å². The average Bonchev–Trinajstić information content (AvgIpc) is 3.04. The summed E-state index contributed by atoms with van der Waals surface area (Å²) in [6.07, 6.45) is 0.951. The zero-order valence-electron chi connectivity index (χ0n) is 13.3. The quantitative estimate of drug-likeness (QED) is 0.787. The summed E-state index contributed by atoms with van der Waals surface area (Å²) >= 11 is 0. The number of esters is 1. The fourth-order valence-electron chi connectivity index (χ4n) is 3.31. The Morgan fingerprint density at radius 3 is 2.32 bits per heavy atom. The number of ketones is 1. The molecule has 3 atom stereocenters. The highest BCUT2D eigenvalue weighted by molar-refractivity contribution is 5.87. The Balaban J connectivity index is 2.05. The Morgan fingerprint density at radius 1 is 1.14 bits per heavy atom. The van der Waals surface area contributed by atoms with E-state index in [1.54, 1.807) is 0 Å². The van der Waals surface area contributed by atoms with Gasteiger partial charge in [0.25, 0.3) is 0 Å². The van der Waals surface area contributed by atoms with Crippen LogP contribution in [0, 0.1) is 11.3 Å². The topological polar surface area (TPSA) is 52.6 Å². The van der Waals surface area contributed by atoms with E-state index in [0.717, 1.165) is 5.56 Å². The predicted octanol–water partition coefficient (Wildman–Crippen LogP) is 3.20. The molecule has 0 amide bonds. The molecule has 0 N–H and O–H groups in total. The molecular formula is C18H22O4. The van der Waals surface area contributed by atoms with Crippen molar-refractivity contribution in [1.82, 2.24) is 0 Å². The number of ether oxygens (including phenoxy) is 2. The van der Waals surface area contributed by atoms with Gasteiger partial charge in [-0.05, 0) is 12.0 Å². The number of hydrogen-bond donors (Lipinski definition) is 0. The minimum absolute atomic E-state index is 0.151. The van der Waals surface area contributed by atoms with Crippen LogP contribution < -0.4 is 0 Å². The van der Waals surface area contributed by atoms with Crippen LogP contribution in [-0.4, -0.2) is 18.0 Å². The Kier molecular flexibility index (Phi) is 3.60. The lowest BCUT2D eigenvalue weighted by atomic mass is 9.80. The number of cyclic esters (lactones) is 1. The summed E-state index contributed by atoms with van der Waals surface area (Å²) in [6.45, 7) is 5.93. The van der Waals surface area contributed by atoms with Gasteiger partial charge in [-0.2, -0.15) is 0 Å². The van der Waals surface area contributed by atoms with Crippen LogP contribution in [0.5, 0.6) is 0 Å². The minimum Gasteiger partial charge on any atom is -0.433 e. The standard InChI is InChI=1S/C18H22O4/c1-17(2,3)16-21-15(20)18(22-16,12-7-5-4-6-8-12)13-9-10-14(19)11-13/h4-8,13,16H,9-11H2,1-3H3/t13-,16?,18?/m0/s1. The van der Waals surface area contributed by atoms with Gasteiger partial charge in [0.05, 0.1) is 0 Å². The summed E-state index contributed by atoms with van der Waals surface area (Å²) in [4.78, 5) is 24.6. The third kappa shape index (κ3) is 2.35. The van der Waals surface area contributed by atoms with Crippen LogP contribution in [0.3, 0.4) is 0 Å². The van der Waals surface area contributed by atoms with Crippen molar-refractivity contribution in [2.24, 2.45) is 11.3 Å². The van der Waals surface area contributed by atoms with Crippen LogP contribution in [0.4, 0.5) is 0 Å². The van der Waals surface area contributed by atoms with Gasteiger partial charge in [-0.1, -0.05) is 51.1 Å². The lowest BCUT2D eigenvalue weighted by Gasteiger charge is -2.32. The summed E-state index contributed by atoms with van der Waals surface area (Å²) < 4.78 is 11.8. The highest BCUT2D eigenvalue weighted by Gasteiger charge is 2.59. The summed E-state index contributed by atoms with van der Waals surface area (Å²) in [6, 6.07) is 9.44. The third-order valence-electron chi connectivity index (χ3n) is 4.54. The van der Waals surface area contributed by atoms with E-state index in [4.69, 9.17) is 9.47 Å². The van der Waals surface area contributed by atoms with Crippen LogP contribution in [0.1, 0.15) is 45.6 Å². The molecule has 2 aliphatic rings. The van der Waals surface area contributed by atoms with E-state index in [1.165, 1.54) is 0 Å². The van der Waals surface area contributed by atoms with Gasteiger partial charge in [-0.15, -0.1) is 0 Å². The molecule has 0 aromatic heterocycles. The smallest absolute Gasteiger partial charge is 0.345 e. The Morgan fingerprint density at radius 2 is 1.82 bits per heavy atom. The van der Waals surface area contributed by atoms with Gasteiger partial charge in [-0.25, -0.2) is 4.79 Å². The van der Waals surface area contributed by atoms with Crippen molar-refractivity contribution >= 4 is 11.8 Å². The van der Waals surface area contributed by atoms with Crippen molar-refractivity contribution in [2.75, 3.05) is 0 Å². The first-order chi connectivity index (χ1) is 10.3. The molecule has 1 aromatic rings. The van der Waals surface area contributed by atoms with Crippen molar-refractivity contribution in [1.29, 1.82) is 0 Å². The molecular weight excluding hydrogens is 280 g/mol.